The molecule has 0 aliphatic heterocycles. The molecule has 0 atom stereocenters. The van der Waals surface area contributed by atoms with Crippen molar-refractivity contribution in [3.8, 4) is 78.7 Å². The van der Waals surface area contributed by atoms with Gasteiger partial charge in [0.1, 0.15) is 11.2 Å². The zero-order valence-corrected chi connectivity index (χ0v) is 32.1. The average Bonchev–Trinajstić information content (AvgIpc) is 3.78. The van der Waals surface area contributed by atoms with E-state index in [0.717, 1.165) is 60.9 Å². The summed E-state index contributed by atoms with van der Waals surface area (Å²) >= 11 is 0. The fraction of sp³-hybridized carbons (Fsp3) is 0.0556. The van der Waals surface area contributed by atoms with E-state index in [4.69, 9.17) is 19.4 Å². The van der Waals surface area contributed by atoms with Crippen LogP contribution < -0.4 is 0 Å². The molecule has 0 spiro atoms. The highest BCUT2D eigenvalue weighted by atomic mass is 16.3. The number of fused-ring (bicyclic) bond motifs is 6. The van der Waals surface area contributed by atoms with Crippen LogP contribution in [0.25, 0.3) is 101 Å². The molecule has 274 valence electrons. The summed E-state index contributed by atoms with van der Waals surface area (Å²) in [5, 5.41) is 2.13. The van der Waals surface area contributed by atoms with Crippen molar-refractivity contribution < 1.29 is 4.42 Å². The predicted molar refractivity (Wildman–Crippen MR) is 237 cm³/mol. The number of hydrogen-bond acceptors (Lipinski definition) is 4. The monoisotopic (exact) mass is 743 g/mol. The van der Waals surface area contributed by atoms with Gasteiger partial charge in [-0.1, -0.05) is 166 Å². The maximum Gasteiger partial charge on any atom is 0.164 e. The van der Waals surface area contributed by atoms with E-state index in [0.29, 0.717) is 17.5 Å². The van der Waals surface area contributed by atoms with Crippen LogP contribution in [0, 0.1) is 0 Å². The van der Waals surface area contributed by atoms with E-state index in [2.05, 4.69) is 190 Å². The molecule has 4 heteroatoms. The van der Waals surface area contributed by atoms with Gasteiger partial charge in [0.15, 0.2) is 17.5 Å². The lowest BCUT2D eigenvalue weighted by Gasteiger charge is -2.21. The maximum absolute atomic E-state index is 6.62. The Morgan fingerprint density at radius 2 is 0.845 bits per heavy atom. The van der Waals surface area contributed by atoms with Crippen LogP contribution in [0.15, 0.2) is 192 Å². The van der Waals surface area contributed by atoms with Gasteiger partial charge in [-0.2, -0.15) is 0 Å². The third-order valence-corrected chi connectivity index (χ3v) is 11.7. The third kappa shape index (κ3) is 5.64. The van der Waals surface area contributed by atoms with E-state index in [1.807, 2.05) is 12.1 Å². The van der Waals surface area contributed by atoms with E-state index in [9.17, 15) is 0 Å². The topological polar surface area (TPSA) is 51.8 Å². The van der Waals surface area contributed by atoms with Crippen LogP contribution in [-0.2, 0) is 5.41 Å². The summed E-state index contributed by atoms with van der Waals surface area (Å²) in [7, 11) is 0. The van der Waals surface area contributed by atoms with Crippen LogP contribution in [0.3, 0.4) is 0 Å². The van der Waals surface area contributed by atoms with Gasteiger partial charge in [-0.25, -0.2) is 15.0 Å². The summed E-state index contributed by atoms with van der Waals surface area (Å²) in [6, 6.07) is 66.1. The van der Waals surface area contributed by atoms with Crippen molar-refractivity contribution in [1.29, 1.82) is 0 Å². The zero-order valence-electron chi connectivity index (χ0n) is 32.1. The number of hydrogen-bond donors (Lipinski definition) is 0. The lowest BCUT2D eigenvalue weighted by atomic mass is 9.82. The van der Waals surface area contributed by atoms with E-state index < -0.39 is 0 Å². The number of furan rings is 1. The van der Waals surface area contributed by atoms with Gasteiger partial charge in [0.05, 0.1) is 0 Å². The standard InChI is InChI=1S/C54H37N3O/c1-54(2)46-24-10-9-22-43(46)45-32-40(27-29-47(45)54)52-55-51(39-21-12-19-37(31-39)35-16-7-4-8-17-35)56-53(57-52)41-26-28-44-49(33-41)58-48-25-13-23-42(50(44)48)38-20-11-18-36(30-38)34-14-5-3-6-15-34/h3-33H,1-2H3. The highest BCUT2D eigenvalue weighted by Crippen LogP contribution is 2.49. The van der Waals surface area contributed by atoms with Crippen LogP contribution in [-0.4, -0.2) is 15.0 Å². The van der Waals surface area contributed by atoms with Gasteiger partial charge in [0.25, 0.3) is 0 Å². The van der Waals surface area contributed by atoms with E-state index in [-0.39, 0.29) is 5.41 Å². The molecule has 0 fully saturated rings. The Morgan fingerprint density at radius 1 is 0.345 bits per heavy atom. The minimum atomic E-state index is -0.0929. The van der Waals surface area contributed by atoms with E-state index in [1.54, 1.807) is 0 Å². The Labute approximate surface area is 337 Å². The molecule has 0 saturated heterocycles. The van der Waals surface area contributed by atoms with Crippen molar-refractivity contribution >= 4 is 21.9 Å². The first-order valence-corrected chi connectivity index (χ1v) is 19.8. The van der Waals surface area contributed by atoms with Crippen molar-refractivity contribution in [2.24, 2.45) is 0 Å². The number of benzene rings is 8. The summed E-state index contributed by atoms with van der Waals surface area (Å²) in [4.78, 5) is 15.5. The van der Waals surface area contributed by atoms with Gasteiger partial charge < -0.3 is 4.42 Å². The van der Waals surface area contributed by atoms with Crippen LogP contribution in [0.5, 0.6) is 0 Å². The van der Waals surface area contributed by atoms with Gasteiger partial charge in [0, 0.05) is 32.9 Å². The van der Waals surface area contributed by atoms with Gasteiger partial charge in [-0.05, 0) is 92.0 Å². The molecule has 11 rings (SSSR count). The quantitative estimate of drug-likeness (QED) is 0.170. The normalized spacial score (nSPS) is 12.8. The fourth-order valence-corrected chi connectivity index (χ4v) is 8.79. The summed E-state index contributed by atoms with van der Waals surface area (Å²) in [6.07, 6.45) is 0. The molecule has 0 N–H and O–H groups in total. The number of aromatic nitrogens is 3. The fourth-order valence-electron chi connectivity index (χ4n) is 8.79. The second-order valence-corrected chi connectivity index (χ2v) is 15.6. The molecule has 0 unspecified atom stereocenters. The highest BCUT2D eigenvalue weighted by molar-refractivity contribution is 6.13. The molecular weight excluding hydrogens is 707 g/mol. The average molecular weight is 744 g/mol. The summed E-state index contributed by atoms with van der Waals surface area (Å²) in [5.74, 6) is 1.83. The van der Waals surface area contributed by atoms with Crippen LogP contribution in [0.1, 0.15) is 25.0 Å². The minimum absolute atomic E-state index is 0.0929. The first kappa shape index (κ1) is 33.9. The minimum Gasteiger partial charge on any atom is -0.456 e. The Balaban J connectivity index is 1.06. The largest absolute Gasteiger partial charge is 0.456 e. The molecule has 58 heavy (non-hydrogen) atoms. The molecule has 0 saturated carbocycles. The molecule has 8 aromatic carbocycles. The SMILES string of the molecule is CC1(C)c2ccccc2-c2cc(-c3nc(-c4cccc(-c5ccccc5)c4)nc(-c4ccc5c(c4)oc4cccc(-c6cccc(-c7ccccc7)c6)c45)n3)ccc21. The smallest absolute Gasteiger partial charge is 0.164 e. The maximum atomic E-state index is 6.62. The summed E-state index contributed by atoms with van der Waals surface area (Å²) < 4.78 is 6.62. The second kappa shape index (κ2) is 13.4. The van der Waals surface area contributed by atoms with Gasteiger partial charge in [-0.15, -0.1) is 0 Å². The van der Waals surface area contributed by atoms with Crippen molar-refractivity contribution in [1.82, 2.24) is 15.0 Å². The molecular formula is C54H37N3O. The molecule has 4 nitrogen and oxygen atoms in total. The molecule has 2 aromatic heterocycles. The van der Waals surface area contributed by atoms with Crippen LogP contribution in [0.2, 0.25) is 0 Å². The van der Waals surface area contributed by atoms with Crippen molar-refractivity contribution in [3.63, 3.8) is 0 Å². The van der Waals surface area contributed by atoms with Crippen molar-refractivity contribution in [3.05, 3.63) is 199 Å². The summed E-state index contributed by atoms with van der Waals surface area (Å²) in [6.45, 7) is 4.60. The van der Waals surface area contributed by atoms with Crippen molar-refractivity contribution in [2.45, 2.75) is 19.3 Å². The van der Waals surface area contributed by atoms with Crippen LogP contribution in [0.4, 0.5) is 0 Å². The van der Waals surface area contributed by atoms with Crippen molar-refractivity contribution in [2.75, 3.05) is 0 Å². The zero-order chi connectivity index (χ0) is 38.8. The van der Waals surface area contributed by atoms with Gasteiger partial charge in [-0.3, -0.25) is 0 Å². The van der Waals surface area contributed by atoms with Gasteiger partial charge in [0.2, 0.25) is 0 Å². The van der Waals surface area contributed by atoms with Crippen LogP contribution >= 0.6 is 0 Å². The lowest BCUT2D eigenvalue weighted by molar-refractivity contribution is 0.660. The molecule has 0 bridgehead atoms. The summed E-state index contributed by atoms with van der Waals surface area (Å²) in [5.41, 5.74) is 16.3. The van der Waals surface area contributed by atoms with E-state index >= 15 is 0 Å². The lowest BCUT2D eigenvalue weighted by Crippen LogP contribution is -2.14. The molecule has 1 aliphatic carbocycles. The number of nitrogens with zero attached hydrogens (tertiary/aromatic N) is 3. The number of rotatable bonds is 6. The third-order valence-electron chi connectivity index (χ3n) is 11.7. The van der Waals surface area contributed by atoms with Gasteiger partial charge >= 0.3 is 0 Å². The molecule has 0 amide bonds. The van der Waals surface area contributed by atoms with E-state index in [1.165, 1.54) is 33.4 Å². The Bertz CT molecular complexity index is 3200. The highest BCUT2D eigenvalue weighted by Gasteiger charge is 2.35. The molecule has 2 heterocycles. The molecule has 1 aliphatic rings. The Morgan fingerprint density at radius 3 is 1.55 bits per heavy atom. The molecule has 10 aromatic rings. The first-order valence-electron chi connectivity index (χ1n) is 19.8. The Hall–Kier alpha value is -7.43. The Kier molecular flexibility index (Phi) is 7.80. The first-order chi connectivity index (χ1) is 28.5. The molecule has 0 radical (unpaired) electrons. The second-order valence-electron chi connectivity index (χ2n) is 15.6. The predicted octanol–water partition coefficient (Wildman–Crippen LogP) is 14.1.